The fourth-order valence-corrected chi connectivity index (χ4v) is 4.01. The predicted octanol–water partition coefficient (Wildman–Crippen LogP) is 4.58. The lowest BCUT2D eigenvalue weighted by Gasteiger charge is -2.17. The molecule has 1 aromatic carbocycles. The summed E-state index contributed by atoms with van der Waals surface area (Å²) in [7, 11) is 0. The maximum absolute atomic E-state index is 14.5. The molecule has 3 aromatic heterocycles. The fraction of sp³-hybridized carbons (Fsp3) is 0.227. The van der Waals surface area contributed by atoms with Gasteiger partial charge in [0, 0.05) is 23.9 Å². The summed E-state index contributed by atoms with van der Waals surface area (Å²) in [6.45, 7) is 4.65. The second-order valence-electron chi connectivity index (χ2n) is 7.31. The molecule has 0 saturated carbocycles. The Hall–Kier alpha value is -3.39. The molecule has 158 valence electrons. The quantitative estimate of drug-likeness (QED) is 0.468. The standard InChI is InChI=1S/C22H19ClFN5O2/c1-12-7-14(23)9-25-20(12)15-8-19-22(29-11-27-28-21(15)29)26-10-16-13(2)18(4-3-17(16)24)30-5-6-31-19/h3-4,7-9,11,26H,5-6,10H2,1-2H3. The van der Waals surface area contributed by atoms with Crippen molar-refractivity contribution in [3.8, 4) is 22.8 Å². The molecule has 0 amide bonds. The largest absolute Gasteiger partial charge is 0.490 e. The zero-order chi connectivity index (χ0) is 21.5. The molecule has 0 atom stereocenters. The molecule has 0 unspecified atom stereocenters. The molecule has 4 aromatic rings. The molecule has 0 radical (unpaired) electrons. The third kappa shape index (κ3) is 3.42. The van der Waals surface area contributed by atoms with Crippen molar-refractivity contribution in [2.75, 3.05) is 18.5 Å². The summed E-state index contributed by atoms with van der Waals surface area (Å²) >= 11 is 6.09. The molecular weight excluding hydrogens is 421 g/mol. The number of hydrogen-bond acceptors (Lipinski definition) is 6. The van der Waals surface area contributed by atoms with Crippen molar-refractivity contribution in [1.82, 2.24) is 19.6 Å². The molecule has 2 bridgehead atoms. The number of ether oxygens (including phenoxy) is 2. The van der Waals surface area contributed by atoms with Crippen LogP contribution in [0.2, 0.25) is 5.02 Å². The molecule has 7 nitrogen and oxygen atoms in total. The van der Waals surface area contributed by atoms with E-state index in [2.05, 4.69) is 20.5 Å². The van der Waals surface area contributed by atoms with Gasteiger partial charge in [0.25, 0.3) is 0 Å². The van der Waals surface area contributed by atoms with Crippen molar-refractivity contribution < 1.29 is 13.9 Å². The van der Waals surface area contributed by atoms with E-state index in [9.17, 15) is 4.39 Å². The van der Waals surface area contributed by atoms with Crippen molar-refractivity contribution in [1.29, 1.82) is 0 Å². The Morgan fingerprint density at radius 3 is 2.74 bits per heavy atom. The molecule has 1 N–H and O–H groups in total. The number of fused-ring (bicyclic) bond motifs is 5. The topological polar surface area (TPSA) is 73.6 Å². The van der Waals surface area contributed by atoms with Gasteiger partial charge in [-0.05, 0) is 49.2 Å². The second kappa shape index (κ2) is 7.70. The van der Waals surface area contributed by atoms with Gasteiger partial charge in [-0.25, -0.2) is 4.39 Å². The zero-order valence-corrected chi connectivity index (χ0v) is 17.7. The number of aromatic nitrogens is 4. The van der Waals surface area contributed by atoms with Crippen LogP contribution in [0.3, 0.4) is 0 Å². The van der Waals surface area contributed by atoms with Crippen molar-refractivity contribution in [3.05, 3.63) is 64.3 Å². The molecule has 0 aliphatic carbocycles. The second-order valence-corrected chi connectivity index (χ2v) is 7.75. The van der Waals surface area contributed by atoms with Crippen LogP contribution in [0.5, 0.6) is 11.5 Å². The Bertz CT molecular complexity index is 1310. The van der Waals surface area contributed by atoms with Crippen molar-refractivity contribution in [2.45, 2.75) is 20.4 Å². The van der Waals surface area contributed by atoms with Gasteiger partial charge < -0.3 is 14.8 Å². The zero-order valence-electron chi connectivity index (χ0n) is 16.9. The molecule has 9 heteroatoms. The van der Waals surface area contributed by atoms with Gasteiger partial charge in [0.2, 0.25) is 0 Å². The highest BCUT2D eigenvalue weighted by Gasteiger charge is 2.20. The summed E-state index contributed by atoms with van der Waals surface area (Å²) in [5.41, 5.74) is 4.28. The van der Waals surface area contributed by atoms with Gasteiger partial charge in [-0.1, -0.05) is 11.6 Å². The van der Waals surface area contributed by atoms with Crippen LogP contribution in [0, 0.1) is 19.7 Å². The van der Waals surface area contributed by atoms with Crippen LogP contribution in [0.15, 0.2) is 36.8 Å². The summed E-state index contributed by atoms with van der Waals surface area (Å²) in [6, 6.07) is 6.78. The summed E-state index contributed by atoms with van der Waals surface area (Å²) in [5.74, 6) is 1.54. The average molecular weight is 440 g/mol. The monoisotopic (exact) mass is 439 g/mol. The highest BCUT2D eigenvalue weighted by atomic mass is 35.5. The molecule has 0 fully saturated rings. The van der Waals surface area contributed by atoms with Gasteiger partial charge in [-0.2, -0.15) is 0 Å². The van der Waals surface area contributed by atoms with Crippen molar-refractivity contribution >= 4 is 23.1 Å². The fourth-order valence-electron chi connectivity index (χ4n) is 3.80. The van der Waals surface area contributed by atoms with E-state index < -0.39 is 0 Å². The Morgan fingerprint density at radius 1 is 1.13 bits per heavy atom. The van der Waals surface area contributed by atoms with Gasteiger partial charge in [0.05, 0.1) is 10.7 Å². The number of nitrogens with zero attached hydrogens (tertiary/aromatic N) is 4. The Morgan fingerprint density at radius 2 is 1.94 bits per heavy atom. The number of halogens is 2. The SMILES string of the molecule is Cc1cc(Cl)cnc1-c1cc2c(n3cnnc13)NCc1c(F)ccc(c1C)OCCO2. The molecule has 0 spiro atoms. The van der Waals surface area contributed by atoms with Gasteiger partial charge in [0.15, 0.2) is 17.2 Å². The maximum atomic E-state index is 14.5. The molecule has 4 heterocycles. The minimum absolute atomic E-state index is 0.246. The van der Waals surface area contributed by atoms with Crippen LogP contribution in [0.4, 0.5) is 10.2 Å². The average Bonchev–Trinajstić information content (AvgIpc) is 3.22. The number of rotatable bonds is 1. The first-order valence-corrected chi connectivity index (χ1v) is 10.2. The van der Waals surface area contributed by atoms with Gasteiger partial charge in [0.1, 0.15) is 31.1 Å². The van der Waals surface area contributed by atoms with Crippen LogP contribution >= 0.6 is 11.6 Å². The lowest BCUT2D eigenvalue weighted by atomic mass is 10.1. The van der Waals surface area contributed by atoms with Crippen LogP contribution in [-0.2, 0) is 6.54 Å². The molecular formula is C22H19ClFN5O2. The predicted molar refractivity (Wildman–Crippen MR) is 115 cm³/mol. The highest BCUT2D eigenvalue weighted by Crippen LogP contribution is 2.36. The molecule has 1 aliphatic heterocycles. The van der Waals surface area contributed by atoms with E-state index in [-0.39, 0.29) is 12.4 Å². The molecule has 0 saturated heterocycles. The van der Waals surface area contributed by atoms with Crippen LogP contribution in [0.1, 0.15) is 16.7 Å². The van der Waals surface area contributed by atoms with Crippen molar-refractivity contribution in [2.24, 2.45) is 0 Å². The van der Waals surface area contributed by atoms with Crippen molar-refractivity contribution in [3.63, 3.8) is 0 Å². The molecule has 31 heavy (non-hydrogen) atoms. The summed E-state index contributed by atoms with van der Waals surface area (Å²) in [4.78, 5) is 4.49. The van der Waals surface area contributed by atoms with E-state index in [1.165, 1.54) is 6.07 Å². The van der Waals surface area contributed by atoms with Crippen LogP contribution in [0.25, 0.3) is 16.9 Å². The maximum Gasteiger partial charge on any atom is 0.171 e. The Kier molecular flexibility index (Phi) is 4.86. The van der Waals surface area contributed by atoms with Gasteiger partial charge in [-0.3, -0.25) is 9.38 Å². The molecule has 1 aliphatic rings. The van der Waals surface area contributed by atoms with Gasteiger partial charge in [-0.15, -0.1) is 10.2 Å². The van der Waals surface area contributed by atoms with E-state index in [0.717, 1.165) is 22.4 Å². The number of pyridine rings is 2. The summed E-state index contributed by atoms with van der Waals surface area (Å²) < 4.78 is 28.2. The first-order chi connectivity index (χ1) is 15.0. The van der Waals surface area contributed by atoms with E-state index in [0.29, 0.717) is 46.8 Å². The van der Waals surface area contributed by atoms with E-state index in [1.54, 1.807) is 23.0 Å². The third-order valence-corrected chi connectivity index (χ3v) is 5.57. The number of anilines is 1. The van der Waals surface area contributed by atoms with Crippen LogP contribution < -0.4 is 14.8 Å². The number of aryl methyl sites for hydroxylation is 1. The number of benzene rings is 1. The summed E-state index contributed by atoms with van der Waals surface area (Å²) in [5, 5.41) is 12.2. The normalized spacial score (nSPS) is 13.5. The van der Waals surface area contributed by atoms with E-state index in [4.69, 9.17) is 21.1 Å². The Balaban J connectivity index is 1.66. The Labute approximate surface area is 182 Å². The first-order valence-electron chi connectivity index (χ1n) is 9.79. The minimum Gasteiger partial charge on any atom is -0.490 e. The van der Waals surface area contributed by atoms with E-state index >= 15 is 0 Å². The lowest BCUT2D eigenvalue weighted by Crippen LogP contribution is -2.11. The van der Waals surface area contributed by atoms with Gasteiger partial charge >= 0.3 is 0 Å². The highest BCUT2D eigenvalue weighted by molar-refractivity contribution is 6.30. The van der Waals surface area contributed by atoms with Crippen LogP contribution in [-0.4, -0.2) is 32.8 Å². The number of nitrogens with one attached hydrogen (secondary N) is 1. The van der Waals surface area contributed by atoms with E-state index in [1.807, 2.05) is 26.0 Å². The number of hydrogen-bond donors (Lipinski definition) is 1. The smallest absolute Gasteiger partial charge is 0.171 e. The third-order valence-electron chi connectivity index (χ3n) is 5.36. The summed E-state index contributed by atoms with van der Waals surface area (Å²) in [6.07, 6.45) is 3.19. The minimum atomic E-state index is -0.295. The lowest BCUT2D eigenvalue weighted by molar-refractivity contribution is 0.216. The first kappa shape index (κ1) is 19.6. The molecule has 5 rings (SSSR count).